The van der Waals surface area contributed by atoms with E-state index in [4.69, 9.17) is 10.5 Å². The van der Waals surface area contributed by atoms with Crippen LogP contribution in [0.2, 0.25) is 0 Å². The highest BCUT2D eigenvalue weighted by atomic mass is 32.2. The molecule has 7 atom stereocenters. The number of nitrogens with one attached hydrogen (secondary N) is 3. The Balaban J connectivity index is 1.59. The van der Waals surface area contributed by atoms with Crippen LogP contribution in [0.5, 0.6) is 0 Å². The fourth-order valence-electron chi connectivity index (χ4n) is 5.34. The fraction of sp³-hybridized carbons (Fsp3) is 0.913. The number of nitrogens with two attached hydrogens (primary N) is 1. The van der Waals surface area contributed by atoms with E-state index in [9.17, 15) is 31.2 Å². The molecule has 3 rings (SSSR count). The zero-order valence-electron chi connectivity index (χ0n) is 21.0. The molecule has 5 unspecified atom stereocenters. The van der Waals surface area contributed by atoms with Crippen molar-refractivity contribution in [1.82, 2.24) is 15.4 Å². The smallest absolute Gasteiger partial charge is 0.407 e. The standard InChI is InChI=1S/C23H39F3N4O5S/c1-23(2,3)35-22(32)29-17-5-4-6-18(17)30-36(33,34)19-9-12(7-8-16(19)27)21(31)28-13-10-14(24)20(26)15(25)11-13/h12-20,30H,4-11,27H2,1-3H3,(H,28,31)(H,29,32)/t12?,13?,14?,15?,16?,17-,18+,19?,20?/m1/s1. The molecule has 0 bridgehead atoms. The van der Waals surface area contributed by atoms with Gasteiger partial charge in [0.2, 0.25) is 15.9 Å². The first-order valence-corrected chi connectivity index (χ1v) is 14.2. The predicted molar refractivity (Wildman–Crippen MR) is 128 cm³/mol. The van der Waals surface area contributed by atoms with E-state index in [0.29, 0.717) is 25.7 Å². The second kappa shape index (κ2) is 11.4. The molecular weight excluding hydrogens is 501 g/mol. The summed E-state index contributed by atoms with van der Waals surface area (Å²) in [4.78, 5) is 25.0. The van der Waals surface area contributed by atoms with Gasteiger partial charge in [-0.1, -0.05) is 0 Å². The van der Waals surface area contributed by atoms with Crippen LogP contribution in [0, 0.1) is 5.92 Å². The molecule has 208 valence electrons. The van der Waals surface area contributed by atoms with Gasteiger partial charge in [0.25, 0.3) is 0 Å². The van der Waals surface area contributed by atoms with Crippen molar-refractivity contribution in [2.45, 2.75) is 126 Å². The van der Waals surface area contributed by atoms with Gasteiger partial charge >= 0.3 is 6.09 Å². The molecule has 0 aromatic carbocycles. The Morgan fingerprint density at radius 2 is 1.53 bits per heavy atom. The van der Waals surface area contributed by atoms with E-state index in [1.54, 1.807) is 20.8 Å². The Morgan fingerprint density at radius 3 is 2.14 bits per heavy atom. The average Bonchev–Trinajstić information content (AvgIpc) is 3.16. The van der Waals surface area contributed by atoms with Gasteiger partial charge in [0, 0.05) is 42.9 Å². The summed E-state index contributed by atoms with van der Waals surface area (Å²) in [5.41, 5.74) is 5.45. The highest BCUT2D eigenvalue weighted by Crippen LogP contribution is 2.31. The van der Waals surface area contributed by atoms with E-state index >= 15 is 0 Å². The molecule has 0 spiro atoms. The second-order valence-corrected chi connectivity index (χ2v) is 13.2. The van der Waals surface area contributed by atoms with Gasteiger partial charge in [-0.2, -0.15) is 0 Å². The van der Waals surface area contributed by atoms with Gasteiger partial charge in [-0.05, 0) is 59.3 Å². The molecule has 0 heterocycles. The number of sulfonamides is 1. The molecule has 3 aliphatic rings. The van der Waals surface area contributed by atoms with Crippen molar-refractivity contribution in [3.8, 4) is 0 Å². The fourth-order valence-corrected chi connectivity index (χ4v) is 7.30. The van der Waals surface area contributed by atoms with Gasteiger partial charge in [0.05, 0.1) is 5.25 Å². The van der Waals surface area contributed by atoms with Crippen LogP contribution >= 0.6 is 0 Å². The summed E-state index contributed by atoms with van der Waals surface area (Å²) in [5, 5.41) is 4.26. The summed E-state index contributed by atoms with van der Waals surface area (Å²) in [7, 11) is -3.96. The number of alkyl halides is 3. The number of carbonyl (C=O) groups is 2. The lowest BCUT2D eigenvalue weighted by Gasteiger charge is -2.36. The summed E-state index contributed by atoms with van der Waals surface area (Å²) in [6.45, 7) is 5.20. The maximum Gasteiger partial charge on any atom is 0.407 e. The quantitative estimate of drug-likeness (QED) is 0.407. The topological polar surface area (TPSA) is 140 Å². The summed E-state index contributed by atoms with van der Waals surface area (Å²) < 4.78 is 75.4. The van der Waals surface area contributed by atoms with Crippen molar-refractivity contribution in [3.05, 3.63) is 0 Å². The van der Waals surface area contributed by atoms with Crippen molar-refractivity contribution >= 4 is 22.0 Å². The number of amides is 2. The van der Waals surface area contributed by atoms with E-state index < -0.39 is 81.5 Å². The summed E-state index contributed by atoms with van der Waals surface area (Å²) in [6, 6.07) is -2.53. The zero-order chi connectivity index (χ0) is 26.8. The summed E-state index contributed by atoms with van der Waals surface area (Å²) in [6.07, 6.45) is -5.07. The number of hydrogen-bond acceptors (Lipinski definition) is 6. The third-order valence-corrected chi connectivity index (χ3v) is 9.17. The molecule has 9 nitrogen and oxygen atoms in total. The van der Waals surface area contributed by atoms with E-state index in [2.05, 4.69) is 15.4 Å². The van der Waals surface area contributed by atoms with Crippen LogP contribution < -0.4 is 21.1 Å². The van der Waals surface area contributed by atoms with Crippen LogP contribution in [0.3, 0.4) is 0 Å². The Labute approximate surface area is 210 Å². The molecule has 0 saturated heterocycles. The minimum absolute atomic E-state index is 0.0459. The molecule has 0 aliphatic heterocycles. The van der Waals surface area contributed by atoms with Crippen molar-refractivity contribution in [3.63, 3.8) is 0 Å². The van der Waals surface area contributed by atoms with Crippen LogP contribution in [0.15, 0.2) is 0 Å². The Morgan fingerprint density at radius 1 is 0.917 bits per heavy atom. The number of hydrogen-bond donors (Lipinski definition) is 4. The monoisotopic (exact) mass is 540 g/mol. The molecule has 0 aromatic heterocycles. The molecule has 3 aliphatic carbocycles. The third-order valence-electron chi connectivity index (χ3n) is 7.20. The number of carbonyl (C=O) groups excluding carboxylic acids is 2. The van der Waals surface area contributed by atoms with Crippen molar-refractivity contribution in [2.75, 3.05) is 0 Å². The molecular formula is C23H39F3N4O5S. The van der Waals surface area contributed by atoms with Gasteiger partial charge in [-0.15, -0.1) is 0 Å². The van der Waals surface area contributed by atoms with Gasteiger partial charge in [-0.3, -0.25) is 4.79 Å². The largest absolute Gasteiger partial charge is 0.444 e. The number of rotatable bonds is 6. The Hall–Kier alpha value is -1.60. The minimum atomic E-state index is -3.96. The lowest BCUT2D eigenvalue weighted by atomic mass is 9.84. The molecule has 0 radical (unpaired) electrons. The highest BCUT2D eigenvalue weighted by Gasteiger charge is 2.44. The van der Waals surface area contributed by atoms with Crippen LogP contribution in [-0.4, -0.2) is 74.0 Å². The average molecular weight is 541 g/mol. The van der Waals surface area contributed by atoms with Gasteiger partial charge in [0.1, 0.15) is 17.9 Å². The predicted octanol–water partition coefficient (Wildman–Crippen LogP) is 2.14. The number of ether oxygens (including phenoxy) is 1. The zero-order valence-corrected chi connectivity index (χ0v) is 21.8. The molecule has 3 fully saturated rings. The minimum Gasteiger partial charge on any atom is -0.444 e. The molecule has 2 amide bonds. The van der Waals surface area contributed by atoms with Gasteiger partial charge in [-0.25, -0.2) is 31.1 Å². The molecule has 5 N–H and O–H groups in total. The van der Waals surface area contributed by atoms with Crippen molar-refractivity contribution in [2.24, 2.45) is 11.7 Å². The van der Waals surface area contributed by atoms with Crippen LogP contribution in [0.1, 0.15) is 72.1 Å². The first-order chi connectivity index (χ1) is 16.7. The molecule has 3 saturated carbocycles. The van der Waals surface area contributed by atoms with E-state index in [1.807, 2.05) is 0 Å². The molecule has 0 aromatic rings. The third kappa shape index (κ3) is 7.47. The first-order valence-electron chi connectivity index (χ1n) is 12.6. The number of halogens is 3. The number of alkyl carbamates (subject to hydrolysis) is 1. The van der Waals surface area contributed by atoms with Gasteiger partial charge in [0.15, 0.2) is 6.17 Å². The highest BCUT2D eigenvalue weighted by molar-refractivity contribution is 7.90. The Bertz CT molecular complexity index is 891. The lowest BCUT2D eigenvalue weighted by molar-refractivity contribution is -0.127. The van der Waals surface area contributed by atoms with Crippen LogP contribution in [0.25, 0.3) is 0 Å². The van der Waals surface area contributed by atoms with E-state index in [0.717, 1.165) is 0 Å². The van der Waals surface area contributed by atoms with Crippen molar-refractivity contribution in [1.29, 1.82) is 0 Å². The normalized spacial score (nSPS) is 37.8. The summed E-state index contributed by atoms with van der Waals surface area (Å²) in [5.74, 6) is -1.21. The SMILES string of the molecule is CC(C)(C)OC(=O)N[C@@H]1CCC[C@@H]1NS(=O)(=O)C1CC(C(=O)NC2CC(F)C(F)C(F)C2)CCC1N. The van der Waals surface area contributed by atoms with Gasteiger partial charge < -0.3 is 21.1 Å². The maximum atomic E-state index is 13.7. The lowest BCUT2D eigenvalue weighted by Crippen LogP contribution is -2.56. The van der Waals surface area contributed by atoms with Crippen molar-refractivity contribution < 1.29 is 35.9 Å². The molecule has 36 heavy (non-hydrogen) atoms. The maximum absolute atomic E-state index is 13.7. The van der Waals surface area contributed by atoms with Crippen LogP contribution in [0.4, 0.5) is 18.0 Å². The second-order valence-electron chi connectivity index (χ2n) is 11.3. The Kier molecular flexibility index (Phi) is 9.19. The van der Waals surface area contributed by atoms with E-state index in [-0.39, 0.29) is 25.7 Å². The first kappa shape index (κ1) is 29.0. The van der Waals surface area contributed by atoms with E-state index in [1.165, 1.54) is 0 Å². The van der Waals surface area contributed by atoms with Crippen LogP contribution in [-0.2, 0) is 19.6 Å². The molecule has 13 heteroatoms. The summed E-state index contributed by atoms with van der Waals surface area (Å²) >= 11 is 0.